The second-order valence-electron chi connectivity index (χ2n) is 5.27. The Balaban J connectivity index is 2.37. The zero-order valence-electron chi connectivity index (χ0n) is 13.1. The first kappa shape index (κ1) is 15.4. The molecule has 0 fully saturated rings. The molecule has 21 heavy (non-hydrogen) atoms. The van der Waals surface area contributed by atoms with Crippen LogP contribution in [-0.2, 0) is 6.42 Å². The lowest BCUT2D eigenvalue weighted by Crippen LogP contribution is -2.19. The van der Waals surface area contributed by atoms with Crippen molar-refractivity contribution in [3.8, 4) is 5.75 Å². The molecule has 0 bridgehead atoms. The van der Waals surface area contributed by atoms with Crippen LogP contribution in [0.3, 0.4) is 0 Å². The summed E-state index contributed by atoms with van der Waals surface area (Å²) >= 11 is 0. The predicted octanol–water partition coefficient (Wildman–Crippen LogP) is 3.14. The molecule has 4 heteroatoms. The first-order valence-corrected chi connectivity index (χ1v) is 7.37. The van der Waals surface area contributed by atoms with Gasteiger partial charge in [-0.05, 0) is 56.1 Å². The molecule has 1 N–H and O–H groups in total. The number of ether oxygens (including phenoxy) is 1. The number of nitrogens with one attached hydrogen (secondary N) is 1. The van der Waals surface area contributed by atoms with Gasteiger partial charge in [0.2, 0.25) is 0 Å². The van der Waals surface area contributed by atoms with Gasteiger partial charge in [0.1, 0.15) is 5.75 Å². The second-order valence-corrected chi connectivity index (χ2v) is 5.27. The second kappa shape index (κ2) is 7.18. The molecular formula is C17H23N3O. The highest BCUT2D eigenvalue weighted by Gasteiger charge is 2.16. The number of aromatic nitrogens is 2. The van der Waals surface area contributed by atoms with Crippen LogP contribution in [0, 0.1) is 0 Å². The van der Waals surface area contributed by atoms with Crippen molar-refractivity contribution in [3.63, 3.8) is 0 Å². The Morgan fingerprint density at radius 1 is 1.19 bits per heavy atom. The summed E-state index contributed by atoms with van der Waals surface area (Å²) in [5.41, 5.74) is 3.57. The molecule has 2 aromatic heterocycles. The Kier molecular flexibility index (Phi) is 5.28. The average molecular weight is 285 g/mol. The fraction of sp³-hybridized carbons (Fsp3) is 0.412. The van der Waals surface area contributed by atoms with Crippen LogP contribution < -0.4 is 10.1 Å². The topological polar surface area (TPSA) is 47.0 Å². The fourth-order valence-electron chi connectivity index (χ4n) is 2.45. The third-order valence-electron chi connectivity index (χ3n) is 3.36. The van der Waals surface area contributed by atoms with E-state index in [1.165, 1.54) is 11.1 Å². The highest BCUT2D eigenvalue weighted by molar-refractivity contribution is 5.37. The van der Waals surface area contributed by atoms with E-state index in [1.54, 1.807) is 6.20 Å². The molecule has 112 valence electrons. The van der Waals surface area contributed by atoms with Gasteiger partial charge in [-0.1, -0.05) is 6.92 Å². The van der Waals surface area contributed by atoms with E-state index in [1.807, 2.05) is 45.6 Å². The minimum Gasteiger partial charge on any atom is -0.489 e. The predicted molar refractivity (Wildman–Crippen MR) is 84.5 cm³/mol. The molecule has 0 aliphatic heterocycles. The van der Waals surface area contributed by atoms with Crippen molar-refractivity contribution in [3.05, 3.63) is 53.6 Å². The minimum absolute atomic E-state index is 0.0890. The van der Waals surface area contributed by atoms with E-state index in [2.05, 4.69) is 28.3 Å². The van der Waals surface area contributed by atoms with Gasteiger partial charge < -0.3 is 10.1 Å². The Hall–Kier alpha value is -1.94. The van der Waals surface area contributed by atoms with E-state index >= 15 is 0 Å². The normalized spacial score (nSPS) is 12.4. The lowest BCUT2D eigenvalue weighted by molar-refractivity contribution is 0.241. The summed E-state index contributed by atoms with van der Waals surface area (Å²) in [6.45, 7) is 6.17. The highest BCUT2D eigenvalue weighted by atomic mass is 16.5. The van der Waals surface area contributed by atoms with E-state index in [0.717, 1.165) is 17.7 Å². The summed E-state index contributed by atoms with van der Waals surface area (Å²) in [5, 5.41) is 3.37. The summed E-state index contributed by atoms with van der Waals surface area (Å²) in [4.78, 5) is 8.52. The van der Waals surface area contributed by atoms with Gasteiger partial charge in [0.25, 0.3) is 0 Å². The van der Waals surface area contributed by atoms with Crippen molar-refractivity contribution < 1.29 is 4.74 Å². The Labute approximate surface area is 126 Å². The molecule has 0 saturated heterocycles. The van der Waals surface area contributed by atoms with Crippen molar-refractivity contribution in [2.75, 3.05) is 7.05 Å². The molecule has 0 aliphatic carbocycles. The fourth-order valence-corrected chi connectivity index (χ4v) is 2.45. The van der Waals surface area contributed by atoms with Gasteiger partial charge in [-0.3, -0.25) is 9.97 Å². The number of hydrogen-bond acceptors (Lipinski definition) is 4. The molecule has 1 atom stereocenters. The van der Waals surface area contributed by atoms with Crippen LogP contribution in [0.15, 0.2) is 36.9 Å². The van der Waals surface area contributed by atoms with E-state index in [4.69, 9.17) is 4.74 Å². The van der Waals surface area contributed by atoms with Gasteiger partial charge >= 0.3 is 0 Å². The third-order valence-corrected chi connectivity index (χ3v) is 3.36. The van der Waals surface area contributed by atoms with Gasteiger partial charge in [0.15, 0.2) is 0 Å². The first-order chi connectivity index (χ1) is 10.2. The molecule has 1 unspecified atom stereocenters. The van der Waals surface area contributed by atoms with E-state index in [9.17, 15) is 0 Å². The standard InChI is InChI=1S/C17H23N3O/c1-5-13-9-19-7-6-16(13)17(18-4)14-8-15(11-20-10-14)21-12(2)3/h6-12,17-18H,5H2,1-4H3. The maximum atomic E-state index is 5.74. The van der Waals surface area contributed by atoms with E-state index < -0.39 is 0 Å². The molecule has 0 aliphatic rings. The van der Waals surface area contributed by atoms with Crippen molar-refractivity contribution in [1.82, 2.24) is 15.3 Å². The quantitative estimate of drug-likeness (QED) is 0.885. The Bertz CT molecular complexity index is 584. The minimum atomic E-state index is 0.0890. The lowest BCUT2D eigenvalue weighted by Gasteiger charge is -2.20. The van der Waals surface area contributed by atoms with Crippen LogP contribution >= 0.6 is 0 Å². The number of pyridine rings is 2. The molecule has 4 nitrogen and oxygen atoms in total. The molecule has 2 aromatic rings. The van der Waals surface area contributed by atoms with Gasteiger partial charge in [-0.15, -0.1) is 0 Å². The zero-order chi connectivity index (χ0) is 15.2. The Morgan fingerprint density at radius 3 is 2.67 bits per heavy atom. The summed E-state index contributed by atoms with van der Waals surface area (Å²) < 4.78 is 5.74. The molecule has 2 rings (SSSR count). The van der Waals surface area contributed by atoms with Gasteiger partial charge in [0, 0.05) is 18.6 Å². The molecule has 0 radical (unpaired) electrons. The third kappa shape index (κ3) is 3.79. The zero-order valence-corrected chi connectivity index (χ0v) is 13.1. The lowest BCUT2D eigenvalue weighted by atomic mass is 9.96. The number of rotatable bonds is 6. The molecular weight excluding hydrogens is 262 g/mol. The smallest absolute Gasteiger partial charge is 0.138 e. The van der Waals surface area contributed by atoms with E-state index in [0.29, 0.717) is 0 Å². The molecule has 0 amide bonds. The number of aryl methyl sites for hydroxylation is 1. The van der Waals surface area contributed by atoms with Crippen molar-refractivity contribution >= 4 is 0 Å². The van der Waals surface area contributed by atoms with Crippen molar-refractivity contribution in [2.45, 2.75) is 39.3 Å². The van der Waals surface area contributed by atoms with Crippen LogP contribution in [0.4, 0.5) is 0 Å². The maximum Gasteiger partial charge on any atom is 0.138 e. The molecule has 0 spiro atoms. The Morgan fingerprint density at radius 2 is 2.00 bits per heavy atom. The van der Waals surface area contributed by atoms with Crippen molar-refractivity contribution in [2.24, 2.45) is 0 Å². The van der Waals surface area contributed by atoms with Crippen LogP contribution in [0.2, 0.25) is 0 Å². The molecule has 0 aromatic carbocycles. The van der Waals surface area contributed by atoms with Gasteiger partial charge in [0.05, 0.1) is 18.3 Å². The van der Waals surface area contributed by atoms with Crippen LogP contribution in [0.5, 0.6) is 5.75 Å². The van der Waals surface area contributed by atoms with Gasteiger partial charge in [-0.25, -0.2) is 0 Å². The SMILES string of the molecule is CCc1cnccc1C(NC)c1cncc(OC(C)C)c1. The summed E-state index contributed by atoms with van der Waals surface area (Å²) in [7, 11) is 1.96. The molecule has 2 heterocycles. The van der Waals surface area contributed by atoms with Crippen LogP contribution in [-0.4, -0.2) is 23.1 Å². The molecule has 0 saturated carbocycles. The summed E-state index contributed by atoms with van der Waals surface area (Å²) in [6.07, 6.45) is 8.50. The summed E-state index contributed by atoms with van der Waals surface area (Å²) in [5.74, 6) is 0.801. The average Bonchev–Trinajstić information content (AvgIpc) is 2.48. The number of nitrogens with zero attached hydrogens (tertiary/aromatic N) is 2. The summed E-state index contributed by atoms with van der Waals surface area (Å²) in [6, 6.07) is 4.20. The highest BCUT2D eigenvalue weighted by Crippen LogP contribution is 2.26. The van der Waals surface area contributed by atoms with E-state index in [-0.39, 0.29) is 12.1 Å². The largest absolute Gasteiger partial charge is 0.489 e. The van der Waals surface area contributed by atoms with Crippen LogP contribution in [0.1, 0.15) is 43.5 Å². The van der Waals surface area contributed by atoms with Gasteiger partial charge in [-0.2, -0.15) is 0 Å². The van der Waals surface area contributed by atoms with Crippen LogP contribution in [0.25, 0.3) is 0 Å². The van der Waals surface area contributed by atoms with Crippen molar-refractivity contribution in [1.29, 1.82) is 0 Å². The monoisotopic (exact) mass is 285 g/mol. The first-order valence-electron chi connectivity index (χ1n) is 7.37. The number of hydrogen-bond donors (Lipinski definition) is 1. The maximum absolute atomic E-state index is 5.74.